The molecule has 3 N–H and O–H groups in total. The van der Waals surface area contributed by atoms with Crippen LogP contribution in [0.5, 0.6) is 0 Å². The molecule has 1 aliphatic rings. The van der Waals surface area contributed by atoms with Crippen molar-refractivity contribution in [2.75, 3.05) is 38.5 Å². The van der Waals surface area contributed by atoms with E-state index < -0.39 is 0 Å². The van der Waals surface area contributed by atoms with E-state index in [1.807, 2.05) is 75.4 Å². The molecule has 9 nitrogen and oxygen atoms in total. The molecule has 200 valence electrons. The number of benzene rings is 2. The maximum absolute atomic E-state index is 12.9. The lowest BCUT2D eigenvalue weighted by molar-refractivity contribution is 0.0939. The lowest BCUT2D eigenvalue weighted by Gasteiger charge is -2.32. The maximum atomic E-state index is 12.9. The standard InChI is InChI=1S/C26H29N7O2S.C2H6/c1-17(19-6-4-3-5-7-19)27-24(35)26-28-21-22(30-31-25(21)36-26)29-23(34)20-10-8-18(9-11-20)16-33-14-12-32(2)13-15-33;1-2/h3-11,17H,12-16H2,1-2H3,(H,27,35)(H2,29,30,31,34);1-2H3. The number of carbonyl (C=O) groups is 2. The summed E-state index contributed by atoms with van der Waals surface area (Å²) in [4.78, 5) is 35.4. The summed E-state index contributed by atoms with van der Waals surface area (Å²) >= 11 is 1.18. The zero-order chi connectivity index (χ0) is 27.1. The number of nitrogens with one attached hydrogen (secondary N) is 3. The van der Waals surface area contributed by atoms with Gasteiger partial charge in [-0.05, 0) is 37.2 Å². The van der Waals surface area contributed by atoms with E-state index in [-0.39, 0.29) is 17.9 Å². The van der Waals surface area contributed by atoms with Gasteiger partial charge in [0.15, 0.2) is 15.7 Å². The van der Waals surface area contributed by atoms with Gasteiger partial charge in [0.05, 0.1) is 6.04 Å². The number of H-pyrrole nitrogens is 1. The van der Waals surface area contributed by atoms with Gasteiger partial charge < -0.3 is 15.5 Å². The average Bonchev–Trinajstić information content (AvgIpc) is 3.54. The summed E-state index contributed by atoms with van der Waals surface area (Å²) in [7, 11) is 2.14. The molecule has 1 saturated heterocycles. The van der Waals surface area contributed by atoms with Gasteiger partial charge in [0, 0.05) is 38.3 Å². The predicted octanol–water partition coefficient (Wildman–Crippen LogP) is 4.54. The summed E-state index contributed by atoms with van der Waals surface area (Å²) < 4.78 is 0. The molecule has 2 amide bonds. The van der Waals surface area contributed by atoms with Crippen molar-refractivity contribution >= 4 is 39.3 Å². The molecule has 3 heterocycles. The highest BCUT2D eigenvalue weighted by Crippen LogP contribution is 2.26. The Labute approximate surface area is 227 Å². The number of aromatic amines is 1. The lowest BCUT2D eigenvalue weighted by Crippen LogP contribution is -2.43. The Morgan fingerprint density at radius 2 is 1.68 bits per heavy atom. The van der Waals surface area contributed by atoms with Gasteiger partial charge in [0.25, 0.3) is 11.8 Å². The molecule has 1 aliphatic heterocycles. The molecule has 1 fully saturated rings. The Balaban J connectivity index is 0.00000164. The zero-order valence-corrected chi connectivity index (χ0v) is 23.1. The van der Waals surface area contributed by atoms with Crippen LogP contribution in [0.4, 0.5) is 5.82 Å². The number of rotatable bonds is 7. The quantitative estimate of drug-likeness (QED) is 0.322. The summed E-state index contributed by atoms with van der Waals surface area (Å²) in [5.41, 5.74) is 3.21. The first kappa shape index (κ1) is 27.4. The van der Waals surface area contributed by atoms with Crippen LogP contribution in [0.25, 0.3) is 10.3 Å². The Morgan fingerprint density at radius 3 is 2.37 bits per heavy atom. The fourth-order valence-electron chi connectivity index (χ4n) is 4.19. The highest BCUT2D eigenvalue weighted by Gasteiger charge is 2.20. The first-order valence-corrected chi connectivity index (χ1v) is 13.8. The molecule has 1 unspecified atom stereocenters. The summed E-state index contributed by atoms with van der Waals surface area (Å²) in [6.07, 6.45) is 0. The summed E-state index contributed by atoms with van der Waals surface area (Å²) in [6, 6.07) is 17.2. The van der Waals surface area contributed by atoms with Gasteiger partial charge in [-0.1, -0.05) is 67.6 Å². The zero-order valence-electron chi connectivity index (χ0n) is 22.3. The largest absolute Gasteiger partial charge is 0.343 e. The number of nitrogens with zero attached hydrogens (tertiary/aromatic N) is 4. The molecule has 1 atom stereocenters. The van der Waals surface area contributed by atoms with E-state index in [0.29, 0.717) is 26.7 Å². The number of hydrogen-bond donors (Lipinski definition) is 3. The van der Waals surface area contributed by atoms with Crippen molar-refractivity contribution in [3.63, 3.8) is 0 Å². The summed E-state index contributed by atoms with van der Waals surface area (Å²) in [5.74, 6) is -0.158. The second-order valence-electron chi connectivity index (χ2n) is 9.11. The van der Waals surface area contributed by atoms with E-state index in [1.165, 1.54) is 16.9 Å². The van der Waals surface area contributed by atoms with E-state index in [4.69, 9.17) is 0 Å². The van der Waals surface area contributed by atoms with Crippen molar-refractivity contribution in [3.05, 3.63) is 76.3 Å². The second kappa shape index (κ2) is 12.8. The summed E-state index contributed by atoms with van der Waals surface area (Å²) in [5, 5.41) is 13.1. The minimum atomic E-state index is -0.275. The van der Waals surface area contributed by atoms with Crippen LogP contribution in [0.2, 0.25) is 0 Å². The molecule has 2 aromatic heterocycles. The Hall–Kier alpha value is -3.60. The van der Waals surface area contributed by atoms with Crippen molar-refractivity contribution in [2.24, 2.45) is 0 Å². The van der Waals surface area contributed by atoms with E-state index in [0.717, 1.165) is 38.3 Å². The van der Waals surface area contributed by atoms with Gasteiger partial charge in [0.2, 0.25) is 0 Å². The maximum Gasteiger partial charge on any atom is 0.280 e. The van der Waals surface area contributed by atoms with E-state index >= 15 is 0 Å². The predicted molar refractivity (Wildman–Crippen MR) is 153 cm³/mol. The molecule has 38 heavy (non-hydrogen) atoms. The Bertz CT molecular complexity index is 1340. The van der Waals surface area contributed by atoms with Gasteiger partial charge in [-0.15, -0.1) is 0 Å². The number of piperazine rings is 1. The molecular weight excluding hydrogens is 498 g/mol. The fourth-order valence-corrected chi connectivity index (χ4v) is 5.00. The fraction of sp³-hybridized carbons (Fsp3) is 0.357. The second-order valence-corrected chi connectivity index (χ2v) is 10.1. The van der Waals surface area contributed by atoms with Crippen LogP contribution >= 0.6 is 11.3 Å². The third kappa shape index (κ3) is 6.63. The topological polar surface area (TPSA) is 106 Å². The number of amides is 2. The van der Waals surface area contributed by atoms with Crippen molar-refractivity contribution in [1.82, 2.24) is 30.3 Å². The van der Waals surface area contributed by atoms with Crippen LogP contribution in [0.3, 0.4) is 0 Å². The first-order valence-electron chi connectivity index (χ1n) is 13.0. The number of anilines is 1. The van der Waals surface area contributed by atoms with Crippen LogP contribution in [-0.2, 0) is 6.54 Å². The Kier molecular flexibility index (Phi) is 9.22. The molecule has 0 saturated carbocycles. The van der Waals surface area contributed by atoms with Crippen LogP contribution in [0, 0.1) is 0 Å². The minimum Gasteiger partial charge on any atom is -0.343 e. The molecule has 5 rings (SSSR count). The molecule has 0 bridgehead atoms. The van der Waals surface area contributed by atoms with Crippen molar-refractivity contribution in [3.8, 4) is 0 Å². The highest BCUT2D eigenvalue weighted by molar-refractivity contribution is 7.20. The lowest BCUT2D eigenvalue weighted by atomic mass is 10.1. The van der Waals surface area contributed by atoms with Gasteiger partial charge in [-0.2, -0.15) is 5.10 Å². The smallest absolute Gasteiger partial charge is 0.280 e. The SMILES string of the molecule is CC.CC(NC(=O)c1nc2c(NC(=O)c3ccc(CN4CCN(C)CC4)cc3)[nH]nc2s1)c1ccccc1. The number of carbonyl (C=O) groups excluding carboxylic acids is 2. The first-order chi connectivity index (χ1) is 18.5. The minimum absolute atomic E-state index is 0.158. The van der Waals surface area contributed by atoms with Crippen molar-refractivity contribution < 1.29 is 9.59 Å². The van der Waals surface area contributed by atoms with Crippen molar-refractivity contribution in [1.29, 1.82) is 0 Å². The molecule has 0 radical (unpaired) electrons. The number of likely N-dealkylation sites (N-methyl/N-ethyl adjacent to an activating group) is 1. The third-order valence-corrected chi connectivity index (χ3v) is 7.36. The highest BCUT2D eigenvalue weighted by atomic mass is 32.1. The summed E-state index contributed by atoms with van der Waals surface area (Å²) in [6.45, 7) is 11.1. The number of hydrogen-bond acceptors (Lipinski definition) is 7. The number of thiazole rings is 1. The molecule has 0 aliphatic carbocycles. The van der Waals surface area contributed by atoms with Crippen LogP contribution < -0.4 is 10.6 Å². The van der Waals surface area contributed by atoms with E-state index in [9.17, 15) is 9.59 Å². The number of fused-ring (bicyclic) bond motifs is 1. The average molecular weight is 534 g/mol. The number of aromatic nitrogens is 3. The molecule has 2 aromatic carbocycles. The van der Waals surface area contributed by atoms with E-state index in [1.54, 1.807) is 0 Å². The van der Waals surface area contributed by atoms with Gasteiger partial charge in [0.1, 0.15) is 5.52 Å². The van der Waals surface area contributed by atoms with Crippen LogP contribution in [0.15, 0.2) is 54.6 Å². The van der Waals surface area contributed by atoms with Gasteiger partial charge >= 0.3 is 0 Å². The molecule has 10 heteroatoms. The van der Waals surface area contributed by atoms with Gasteiger partial charge in [-0.3, -0.25) is 19.6 Å². The Morgan fingerprint density at radius 1 is 1.00 bits per heavy atom. The molecule has 4 aromatic rings. The third-order valence-electron chi connectivity index (χ3n) is 6.41. The van der Waals surface area contributed by atoms with Crippen LogP contribution in [0.1, 0.15) is 58.1 Å². The van der Waals surface area contributed by atoms with Crippen LogP contribution in [-0.4, -0.2) is 70.0 Å². The van der Waals surface area contributed by atoms with E-state index in [2.05, 4.69) is 42.7 Å². The van der Waals surface area contributed by atoms with Gasteiger partial charge in [-0.25, -0.2) is 4.98 Å². The van der Waals surface area contributed by atoms with Crippen molar-refractivity contribution in [2.45, 2.75) is 33.4 Å². The molecule has 0 spiro atoms. The normalized spacial score (nSPS) is 14.9. The monoisotopic (exact) mass is 533 g/mol. The molecular formula is C28H35N7O2S.